The third-order valence-corrected chi connectivity index (χ3v) is 4.68. The molecule has 3 aromatic rings. The van der Waals surface area contributed by atoms with Crippen LogP contribution in [0.2, 0.25) is 0 Å². The van der Waals surface area contributed by atoms with Gasteiger partial charge in [-0.3, -0.25) is 4.79 Å². The number of aromatic nitrogens is 3. The number of benzene rings is 2. The number of halogens is 4. The average molecular weight is 420 g/mol. The molecule has 0 bridgehead atoms. The lowest BCUT2D eigenvalue weighted by Gasteiger charge is -2.16. The van der Waals surface area contributed by atoms with Crippen LogP contribution in [-0.2, 0) is 6.18 Å². The molecule has 1 amide bonds. The van der Waals surface area contributed by atoms with Crippen LogP contribution in [0.4, 0.5) is 17.6 Å². The van der Waals surface area contributed by atoms with Gasteiger partial charge in [-0.15, -0.1) is 5.10 Å². The summed E-state index contributed by atoms with van der Waals surface area (Å²) < 4.78 is 54.7. The Bertz CT molecular complexity index is 1020. The SMILES string of the molecule is CC(C)c1ccc(C(C)NC(=O)c2nnn(-c3ccc(F)cc3)c2C(F)(F)F)cc1. The fourth-order valence-electron chi connectivity index (χ4n) is 2.97. The molecule has 5 nitrogen and oxygen atoms in total. The number of nitrogens with zero attached hydrogens (tertiary/aromatic N) is 3. The second-order valence-corrected chi connectivity index (χ2v) is 7.19. The molecule has 3 rings (SSSR count). The lowest BCUT2D eigenvalue weighted by atomic mass is 9.99. The van der Waals surface area contributed by atoms with E-state index in [0.717, 1.165) is 35.4 Å². The fraction of sp³-hybridized carbons (Fsp3) is 0.286. The van der Waals surface area contributed by atoms with Crippen molar-refractivity contribution in [3.05, 3.63) is 76.9 Å². The average Bonchev–Trinajstić information content (AvgIpc) is 3.14. The zero-order valence-electron chi connectivity index (χ0n) is 16.5. The van der Waals surface area contributed by atoms with E-state index in [1.807, 2.05) is 38.1 Å². The molecule has 1 heterocycles. The summed E-state index contributed by atoms with van der Waals surface area (Å²) in [4.78, 5) is 12.6. The molecule has 2 aromatic carbocycles. The maximum Gasteiger partial charge on any atom is 0.435 e. The van der Waals surface area contributed by atoms with Crippen molar-refractivity contribution >= 4 is 5.91 Å². The molecule has 30 heavy (non-hydrogen) atoms. The second-order valence-electron chi connectivity index (χ2n) is 7.19. The first-order chi connectivity index (χ1) is 14.1. The number of hydrogen-bond donors (Lipinski definition) is 1. The van der Waals surface area contributed by atoms with Crippen molar-refractivity contribution in [1.29, 1.82) is 0 Å². The van der Waals surface area contributed by atoms with Crippen molar-refractivity contribution in [2.45, 2.75) is 38.9 Å². The molecule has 9 heteroatoms. The zero-order chi connectivity index (χ0) is 22.1. The van der Waals surface area contributed by atoms with Gasteiger partial charge in [0.05, 0.1) is 11.7 Å². The van der Waals surface area contributed by atoms with Crippen LogP contribution in [0.3, 0.4) is 0 Å². The molecular weight excluding hydrogens is 400 g/mol. The summed E-state index contributed by atoms with van der Waals surface area (Å²) in [5, 5.41) is 9.46. The molecule has 0 fully saturated rings. The summed E-state index contributed by atoms with van der Waals surface area (Å²) in [6.07, 6.45) is -4.90. The van der Waals surface area contributed by atoms with Crippen LogP contribution in [0.5, 0.6) is 0 Å². The van der Waals surface area contributed by atoms with E-state index in [4.69, 9.17) is 0 Å². The minimum atomic E-state index is -4.90. The minimum absolute atomic E-state index is 0.0624. The lowest BCUT2D eigenvalue weighted by Crippen LogP contribution is -2.29. The van der Waals surface area contributed by atoms with Gasteiger partial charge in [0.25, 0.3) is 5.91 Å². The highest BCUT2D eigenvalue weighted by molar-refractivity contribution is 5.93. The van der Waals surface area contributed by atoms with E-state index in [-0.39, 0.29) is 5.69 Å². The molecule has 0 saturated heterocycles. The van der Waals surface area contributed by atoms with Gasteiger partial charge in [0, 0.05) is 0 Å². The molecule has 1 N–H and O–H groups in total. The number of carbonyl (C=O) groups is 1. The number of alkyl halides is 3. The highest BCUT2D eigenvalue weighted by atomic mass is 19.4. The highest BCUT2D eigenvalue weighted by Gasteiger charge is 2.42. The Morgan fingerprint density at radius 2 is 1.53 bits per heavy atom. The molecular formula is C21H20F4N4O. The van der Waals surface area contributed by atoms with E-state index in [0.29, 0.717) is 10.6 Å². The highest BCUT2D eigenvalue weighted by Crippen LogP contribution is 2.33. The van der Waals surface area contributed by atoms with Crippen molar-refractivity contribution in [3.8, 4) is 5.69 Å². The van der Waals surface area contributed by atoms with E-state index in [2.05, 4.69) is 15.6 Å². The molecule has 1 unspecified atom stereocenters. The quantitative estimate of drug-likeness (QED) is 0.589. The Labute approximate surface area is 170 Å². The standard InChI is InChI=1S/C21H20F4N4O/c1-12(2)14-4-6-15(7-5-14)13(3)26-20(30)18-19(21(23,24)25)29(28-27-18)17-10-8-16(22)9-11-17/h4-13H,1-3H3,(H,26,30). The monoisotopic (exact) mass is 420 g/mol. The summed E-state index contributed by atoms with van der Waals surface area (Å²) in [7, 11) is 0. The first-order valence-corrected chi connectivity index (χ1v) is 9.27. The number of hydrogen-bond acceptors (Lipinski definition) is 3. The molecule has 0 aliphatic rings. The summed E-state index contributed by atoms with van der Waals surface area (Å²) in [5.74, 6) is -1.28. The Hall–Kier alpha value is -3.23. The molecule has 1 aromatic heterocycles. The number of nitrogens with one attached hydrogen (secondary N) is 1. The van der Waals surface area contributed by atoms with E-state index < -0.39 is 35.3 Å². The predicted molar refractivity (Wildman–Crippen MR) is 103 cm³/mol. The van der Waals surface area contributed by atoms with Gasteiger partial charge in [0.15, 0.2) is 11.4 Å². The summed E-state index contributed by atoms with van der Waals surface area (Å²) >= 11 is 0. The van der Waals surface area contributed by atoms with E-state index in [1.54, 1.807) is 6.92 Å². The summed E-state index contributed by atoms with van der Waals surface area (Å²) in [6, 6.07) is 11.2. The van der Waals surface area contributed by atoms with E-state index in [1.165, 1.54) is 0 Å². The Kier molecular flexibility index (Phi) is 5.91. The van der Waals surface area contributed by atoms with Gasteiger partial charge in [-0.2, -0.15) is 13.2 Å². The number of amides is 1. The molecule has 0 aliphatic carbocycles. The van der Waals surface area contributed by atoms with Gasteiger partial charge < -0.3 is 5.32 Å². The van der Waals surface area contributed by atoms with Gasteiger partial charge in [0.1, 0.15) is 5.82 Å². The largest absolute Gasteiger partial charge is 0.435 e. The molecule has 1 atom stereocenters. The first-order valence-electron chi connectivity index (χ1n) is 9.27. The third-order valence-electron chi connectivity index (χ3n) is 4.68. The number of rotatable bonds is 5. The molecule has 0 radical (unpaired) electrons. The first kappa shape index (κ1) is 21.5. The van der Waals surface area contributed by atoms with Gasteiger partial charge in [-0.25, -0.2) is 9.07 Å². The predicted octanol–water partition coefficient (Wildman–Crippen LogP) is 5.04. The minimum Gasteiger partial charge on any atom is -0.344 e. The van der Waals surface area contributed by atoms with Crippen molar-refractivity contribution in [1.82, 2.24) is 20.3 Å². The van der Waals surface area contributed by atoms with Crippen LogP contribution in [0.15, 0.2) is 48.5 Å². The van der Waals surface area contributed by atoms with Crippen molar-refractivity contribution in [2.24, 2.45) is 0 Å². The van der Waals surface area contributed by atoms with Crippen molar-refractivity contribution in [3.63, 3.8) is 0 Å². The number of carbonyl (C=O) groups excluding carboxylic acids is 1. The smallest absolute Gasteiger partial charge is 0.344 e. The Balaban J connectivity index is 1.89. The normalized spacial score (nSPS) is 12.8. The maximum atomic E-state index is 13.7. The lowest BCUT2D eigenvalue weighted by molar-refractivity contribution is -0.143. The second kappa shape index (κ2) is 8.25. The molecule has 0 saturated carbocycles. The van der Waals surface area contributed by atoms with Crippen LogP contribution in [0, 0.1) is 5.82 Å². The van der Waals surface area contributed by atoms with Crippen molar-refractivity contribution < 1.29 is 22.4 Å². The summed E-state index contributed by atoms with van der Waals surface area (Å²) in [6.45, 7) is 5.76. The molecule has 158 valence electrons. The topological polar surface area (TPSA) is 59.8 Å². The van der Waals surface area contributed by atoms with Crippen LogP contribution in [0.25, 0.3) is 5.69 Å². The Morgan fingerprint density at radius 3 is 2.07 bits per heavy atom. The van der Waals surface area contributed by atoms with Crippen LogP contribution < -0.4 is 5.32 Å². The molecule has 0 aliphatic heterocycles. The van der Waals surface area contributed by atoms with Crippen LogP contribution in [0.1, 0.15) is 60.0 Å². The van der Waals surface area contributed by atoms with E-state index in [9.17, 15) is 22.4 Å². The van der Waals surface area contributed by atoms with Crippen LogP contribution >= 0.6 is 0 Å². The molecule has 0 spiro atoms. The fourth-order valence-corrected chi connectivity index (χ4v) is 2.97. The third kappa shape index (κ3) is 4.50. The van der Waals surface area contributed by atoms with Gasteiger partial charge >= 0.3 is 6.18 Å². The van der Waals surface area contributed by atoms with E-state index >= 15 is 0 Å². The maximum absolute atomic E-state index is 13.7. The van der Waals surface area contributed by atoms with Gasteiger partial charge in [-0.1, -0.05) is 43.3 Å². The zero-order valence-corrected chi connectivity index (χ0v) is 16.5. The van der Waals surface area contributed by atoms with Gasteiger partial charge in [0.2, 0.25) is 0 Å². The Morgan fingerprint density at radius 1 is 0.967 bits per heavy atom. The van der Waals surface area contributed by atoms with Gasteiger partial charge in [-0.05, 0) is 48.2 Å². The van der Waals surface area contributed by atoms with Crippen molar-refractivity contribution in [2.75, 3.05) is 0 Å². The van der Waals surface area contributed by atoms with Crippen LogP contribution in [-0.4, -0.2) is 20.9 Å². The summed E-state index contributed by atoms with van der Waals surface area (Å²) in [5.41, 5.74) is -0.384.